The maximum Gasteiger partial charge on any atom is 0.234 e. The van der Waals surface area contributed by atoms with Crippen LogP contribution < -0.4 is 16.4 Å². The Morgan fingerprint density at radius 1 is 1.56 bits per heavy atom. The van der Waals surface area contributed by atoms with Crippen LogP contribution in [0.25, 0.3) is 0 Å². The van der Waals surface area contributed by atoms with E-state index >= 15 is 0 Å². The van der Waals surface area contributed by atoms with Crippen LogP contribution in [0.15, 0.2) is 23.6 Å². The minimum absolute atomic E-state index is 0.102. The Balaban J connectivity index is 1.79. The lowest BCUT2D eigenvalue weighted by molar-refractivity contribution is -0.124. The number of alkyl halides is 1. The Bertz CT molecular complexity index is 641. The molecule has 2 fully saturated rings. The molecule has 1 amide bonds. The molecule has 1 aliphatic heterocycles. The predicted octanol–water partition coefficient (Wildman–Crippen LogP) is 0.764. The lowest BCUT2D eigenvalue weighted by atomic mass is 9.98. The van der Waals surface area contributed by atoms with E-state index in [0.29, 0.717) is 11.6 Å². The summed E-state index contributed by atoms with van der Waals surface area (Å²) in [6, 6.07) is 1.89. The van der Waals surface area contributed by atoms with Crippen LogP contribution in [0, 0.1) is 10.8 Å². The molecule has 0 spiro atoms. The second-order valence-electron chi connectivity index (χ2n) is 6.74. The van der Waals surface area contributed by atoms with Crippen LogP contribution in [-0.2, 0) is 4.79 Å². The van der Waals surface area contributed by atoms with Gasteiger partial charge in [-0.2, -0.15) is 0 Å². The lowest BCUT2D eigenvalue weighted by Gasteiger charge is -2.39. The van der Waals surface area contributed by atoms with Crippen molar-refractivity contribution in [2.45, 2.75) is 37.3 Å². The van der Waals surface area contributed by atoms with E-state index in [1.54, 1.807) is 24.3 Å². The first kappa shape index (κ1) is 17.8. The molecule has 1 saturated carbocycles. The molecule has 4 atom stereocenters. The van der Waals surface area contributed by atoms with Gasteiger partial charge >= 0.3 is 0 Å². The molecule has 1 aliphatic carbocycles. The van der Waals surface area contributed by atoms with E-state index in [9.17, 15) is 14.1 Å². The molecule has 1 saturated heterocycles. The number of anilines is 1. The Hall–Kier alpha value is -1.97. The molecule has 2 heterocycles. The number of carbonyl (C=O) groups excluding carboxylic acids is 1. The molecule has 4 N–H and O–H groups in total. The van der Waals surface area contributed by atoms with Crippen LogP contribution in [0.2, 0.25) is 0 Å². The van der Waals surface area contributed by atoms with Crippen LogP contribution in [-0.4, -0.2) is 54.4 Å². The Labute approximate surface area is 145 Å². The highest BCUT2D eigenvalue weighted by atomic mass is 19.1. The topological polar surface area (TPSA) is 113 Å². The fourth-order valence-electron chi connectivity index (χ4n) is 3.32. The summed E-state index contributed by atoms with van der Waals surface area (Å²) in [5.74, 6) is -0.941. The van der Waals surface area contributed by atoms with E-state index < -0.39 is 30.3 Å². The third-order valence-electron chi connectivity index (χ3n) is 4.77. The Morgan fingerprint density at radius 3 is 2.96 bits per heavy atom. The number of nitrogens with one attached hydrogen (secondary N) is 2. The maximum atomic E-state index is 13.5. The third-order valence-corrected chi connectivity index (χ3v) is 4.77. The number of amides is 1. The fourth-order valence-corrected chi connectivity index (χ4v) is 3.32. The second kappa shape index (κ2) is 7.51. The number of rotatable bonds is 6. The smallest absolute Gasteiger partial charge is 0.234 e. The van der Waals surface area contributed by atoms with Crippen molar-refractivity contribution < 1.29 is 9.18 Å². The van der Waals surface area contributed by atoms with Gasteiger partial charge in [-0.1, -0.05) is 5.18 Å². The summed E-state index contributed by atoms with van der Waals surface area (Å²) >= 11 is 0. The third kappa shape index (κ3) is 4.00. The first-order chi connectivity index (χ1) is 12.0. The van der Waals surface area contributed by atoms with Crippen molar-refractivity contribution in [3.05, 3.63) is 28.9 Å². The molecule has 136 valence electrons. The zero-order valence-electron chi connectivity index (χ0n) is 14.1. The number of nitrogens with zero attached hydrogens (tertiary/aromatic N) is 3. The summed E-state index contributed by atoms with van der Waals surface area (Å²) in [5, 5.41) is 8.62. The number of hydrogen-bond donors (Lipinski definition) is 3. The van der Waals surface area contributed by atoms with Crippen molar-refractivity contribution in [3.8, 4) is 0 Å². The average Bonchev–Trinajstić information content (AvgIpc) is 3.42. The molecular weight excluding hydrogens is 327 g/mol. The lowest BCUT2D eigenvalue weighted by Crippen LogP contribution is -2.62. The highest BCUT2D eigenvalue weighted by Crippen LogP contribution is 2.43. The number of hydrogen-bond acceptors (Lipinski definition) is 7. The molecule has 1 aromatic rings. The normalized spacial score (nSPS) is 26.7. The summed E-state index contributed by atoms with van der Waals surface area (Å²) < 4.78 is 13.5. The summed E-state index contributed by atoms with van der Waals surface area (Å²) in [7, 11) is 1.68. The van der Waals surface area contributed by atoms with Gasteiger partial charge in [0.2, 0.25) is 5.91 Å². The van der Waals surface area contributed by atoms with Gasteiger partial charge < -0.3 is 11.1 Å². The van der Waals surface area contributed by atoms with Crippen molar-refractivity contribution in [3.63, 3.8) is 0 Å². The van der Waals surface area contributed by atoms with E-state index in [1.807, 2.05) is 6.07 Å². The maximum absolute atomic E-state index is 13.5. The number of nitrogens with two attached hydrogens (primary N) is 1. The summed E-state index contributed by atoms with van der Waals surface area (Å²) in [6.45, 7) is 0.262. The number of carbonyl (C=O) groups is 1. The number of pyridine rings is 1. The van der Waals surface area contributed by atoms with Crippen molar-refractivity contribution >= 4 is 11.6 Å². The Kier molecular flexibility index (Phi) is 5.36. The van der Waals surface area contributed by atoms with Gasteiger partial charge in [0.25, 0.3) is 0 Å². The van der Waals surface area contributed by atoms with E-state index in [4.69, 9.17) is 5.73 Å². The van der Waals surface area contributed by atoms with Gasteiger partial charge in [-0.3, -0.25) is 20.0 Å². The quantitative estimate of drug-likeness (QED) is 0.653. The van der Waals surface area contributed by atoms with E-state index in [0.717, 1.165) is 18.4 Å². The summed E-state index contributed by atoms with van der Waals surface area (Å²) in [4.78, 5) is 29.6. The molecule has 0 radical (unpaired) electrons. The van der Waals surface area contributed by atoms with Crippen molar-refractivity contribution in [1.82, 2.24) is 15.2 Å². The van der Waals surface area contributed by atoms with Gasteiger partial charge in [-0.05, 0) is 37.4 Å². The van der Waals surface area contributed by atoms with Gasteiger partial charge in [0.1, 0.15) is 12.1 Å². The van der Waals surface area contributed by atoms with Crippen LogP contribution in [0.4, 0.5) is 10.1 Å². The largest absolute Gasteiger partial charge is 0.324 e. The molecule has 25 heavy (non-hydrogen) atoms. The first-order valence-electron chi connectivity index (χ1n) is 8.41. The predicted molar refractivity (Wildman–Crippen MR) is 91.4 cm³/mol. The van der Waals surface area contributed by atoms with Gasteiger partial charge in [0.05, 0.1) is 18.1 Å². The van der Waals surface area contributed by atoms with Crippen LogP contribution in [0.3, 0.4) is 0 Å². The van der Waals surface area contributed by atoms with E-state index in [2.05, 4.69) is 20.8 Å². The molecule has 3 rings (SSSR count). The molecule has 1 aromatic heterocycles. The second-order valence-corrected chi connectivity index (χ2v) is 6.74. The average molecular weight is 350 g/mol. The minimum Gasteiger partial charge on any atom is -0.324 e. The highest BCUT2D eigenvalue weighted by Gasteiger charge is 2.40. The monoisotopic (exact) mass is 350 g/mol. The summed E-state index contributed by atoms with van der Waals surface area (Å²) in [6.07, 6.45) is 2.60. The standard InChI is InChI=1S/C16H23FN6O2/c1-23-8-10(17)6-20-15(23)13(14(18)22-25)16(24)21-12-7-19-5-4-11(12)9-2-3-9/h4-5,7,9-10,13-15,20H,2-3,6,8,18H2,1H3,(H,21,24). The molecular formula is C16H23FN6O2. The molecule has 0 aromatic carbocycles. The highest BCUT2D eigenvalue weighted by molar-refractivity contribution is 5.94. The van der Waals surface area contributed by atoms with E-state index in [-0.39, 0.29) is 13.1 Å². The van der Waals surface area contributed by atoms with Crippen molar-refractivity contribution in [2.75, 3.05) is 25.5 Å². The Morgan fingerprint density at radius 2 is 2.32 bits per heavy atom. The first-order valence-corrected chi connectivity index (χ1v) is 8.41. The number of aromatic nitrogens is 1. The van der Waals surface area contributed by atoms with Crippen LogP contribution in [0.1, 0.15) is 24.3 Å². The van der Waals surface area contributed by atoms with Crippen LogP contribution in [0.5, 0.6) is 0 Å². The van der Waals surface area contributed by atoms with E-state index in [1.165, 1.54) is 0 Å². The number of halogens is 1. The van der Waals surface area contributed by atoms with Gasteiger partial charge in [0, 0.05) is 19.3 Å². The van der Waals surface area contributed by atoms with Crippen molar-refractivity contribution in [1.29, 1.82) is 0 Å². The molecule has 2 aliphatic rings. The molecule has 9 heteroatoms. The minimum atomic E-state index is -1.24. The van der Waals surface area contributed by atoms with Crippen molar-refractivity contribution in [2.24, 2.45) is 16.8 Å². The zero-order chi connectivity index (χ0) is 18.0. The molecule has 0 bridgehead atoms. The SMILES string of the molecule is CN1CC(F)CNC1C(C(=O)Nc1cnccc1C1CC1)C(N)N=O. The van der Waals surface area contributed by atoms with Gasteiger partial charge in [-0.15, -0.1) is 4.91 Å². The molecule has 8 nitrogen and oxygen atoms in total. The molecule has 4 unspecified atom stereocenters. The van der Waals surface area contributed by atoms with Gasteiger partial charge in [-0.25, -0.2) is 4.39 Å². The van der Waals surface area contributed by atoms with Crippen LogP contribution >= 0.6 is 0 Å². The summed E-state index contributed by atoms with van der Waals surface area (Å²) in [5.41, 5.74) is 7.45. The van der Waals surface area contributed by atoms with Gasteiger partial charge in [0.15, 0.2) is 6.17 Å². The zero-order valence-corrected chi connectivity index (χ0v) is 14.1. The number of nitroso groups, excluding NO2 is 1. The fraction of sp³-hybridized carbons (Fsp3) is 0.625.